The third kappa shape index (κ3) is 2.74. The summed E-state index contributed by atoms with van der Waals surface area (Å²) in [5.74, 6) is 1.13. The first kappa shape index (κ1) is 15.3. The minimum absolute atomic E-state index is 0.289. The summed E-state index contributed by atoms with van der Waals surface area (Å²) in [7, 11) is 0. The maximum absolute atomic E-state index is 12.8. The monoisotopic (exact) mass is 321 g/mol. The first-order valence-electron chi connectivity index (χ1n) is 7.05. The molecule has 0 atom stereocenters. The zero-order valence-corrected chi connectivity index (χ0v) is 12.6. The first-order valence-corrected chi connectivity index (χ1v) is 7.05. The molecular weight excluding hydrogens is 307 g/mol. The van der Waals surface area contributed by atoms with Gasteiger partial charge in [0, 0.05) is 6.20 Å². The number of ether oxygens (including phenoxy) is 1. The summed E-state index contributed by atoms with van der Waals surface area (Å²) in [5, 5.41) is 0. The number of rotatable bonds is 3. The van der Waals surface area contributed by atoms with E-state index in [2.05, 4.69) is 9.97 Å². The molecule has 0 spiro atoms. The lowest BCUT2D eigenvalue weighted by atomic mass is 10.2. The van der Waals surface area contributed by atoms with Gasteiger partial charge in [-0.1, -0.05) is 0 Å². The van der Waals surface area contributed by atoms with Crippen molar-refractivity contribution in [3.63, 3.8) is 0 Å². The van der Waals surface area contributed by atoms with E-state index in [0.717, 1.165) is 12.1 Å². The summed E-state index contributed by atoms with van der Waals surface area (Å²) >= 11 is 0. The molecule has 0 fully saturated rings. The molecule has 2 aromatic heterocycles. The second-order valence-corrected chi connectivity index (χ2v) is 4.97. The molecule has 120 valence electrons. The second kappa shape index (κ2) is 5.57. The predicted molar refractivity (Wildman–Crippen MR) is 79.8 cm³/mol. The number of aromatic nitrogens is 3. The molecule has 0 saturated heterocycles. The average Bonchev–Trinajstić information content (AvgIpc) is 2.82. The minimum Gasteiger partial charge on any atom is -0.490 e. The van der Waals surface area contributed by atoms with Crippen LogP contribution in [0.3, 0.4) is 0 Å². The quantitative estimate of drug-likeness (QED) is 0.727. The summed E-state index contributed by atoms with van der Waals surface area (Å²) in [5.41, 5.74) is 0.857. The van der Waals surface area contributed by atoms with Crippen molar-refractivity contribution in [2.75, 3.05) is 6.61 Å². The van der Waals surface area contributed by atoms with Gasteiger partial charge in [0.05, 0.1) is 35.1 Å². The van der Waals surface area contributed by atoms with E-state index >= 15 is 0 Å². The molecule has 3 aromatic rings. The lowest BCUT2D eigenvalue weighted by Gasteiger charge is -2.12. The van der Waals surface area contributed by atoms with Crippen molar-refractivity contribution in [3.05, 3.63) is 48.0 Å². The fraction of sp³-hybridized carbons (Fsp3) is 0.250. The number of pyridine rings is 1. The Morgan fingerprint density at radius 2 is 2.00 bits per heavy atom. The highest BCUT2D eigenvalue weighted by atomic mass is 19.4. The third-order valence-electron chi connectivity index (χ3n) is 3.45. The fourth-order valence-corrected chi connectivity index (χ4v) is 2.51. The van der Waals surface area contributed by atoms with Gasteiger partial charge in [0.1, 0.15) is 5.82 Å². The van der Waals surface area contributed by atoms with Crippen LogP contribution in [0.25, 0.3) is 16.7 Å². The second-order valence-electron chi connectivity index (χ2n) is 4.97. The Balaban J connectivity index is 2.21. The Morgan fingerprint density at radius 3 is 2.70 bits per heavy atom. The van der Waals surface area contributed by atoms with E-state index in [0.29, 0.717) is 29.4 Å². The van der Waals surface area contributed by atoms with Crippen molar-refractivity contribution in [1.29, 1.82) is 0 Å². The van der Waals surface area contributed by atoms with E-state index in [1.807, 2.05) is 6.92 Å². The van der Waals surface area contributed by atoms with E-state index < -0.39 is 11.7 Å². The van der Waals surface area contributed by atoms with E-state index in [1.165, 1.54) is 6.07 Å². The van der Waals surface area contributed by atoms with Crippen LogP contribution >= 0.6 is 0 Å². The number of halogens is 3. The maximum atomic E-state index is 12.8. The number of fused-ring (bicyclic) bond motifs is 1. The standard InChI is InChI=1S/C16H14F3N3O/c1-3-23-15-9-20-7-6-14(15)22-10(2)21-12-8-11(16(17,18)19)4-5-13(12)22/h4-9H,3H2,1-2H3. The van der Waals surface area contributed by atoms with Crippen LogP contribution in [-0.4, -0.2) is 21.1 Å². The largest absolute Gasteiger partial charge is 0.490 e. The number of benzene rings is 1. The van der Waals surface area contributed by atoms with Gasteiger partial charge in [0.15, 0.2) is 5.75 Å². The summed E-state index contributed by atoms with van der Waals surface area (Å²) in [6.07, 6.45) is -1.21. The summed E-state index contributed by atoms with van der Waals surface area (Å²) < 4.78 is 45.9. The molecule has 0 bridgehead atoms. The number of aryl methyl sites for hydroxylation is 1. The SMILES string of the molecule is CCOc1cnccc1-n1c(C)nc2cc(C(F)(F)F)ccc21. The Labute approximate surface area is 130 Å². The molecule has 0 saturated carbocycles. The molecule has 4 nitrogen and oxygen atoms in total. The third-order valence-corrected chi connectivity index (χ3v) is 3.45. The van der Waals surface area contributed by atoms with E-state index in [9.17, 15) is 13.2 Å². The van der Waals surface area contributed by atoms with Crippen molar-refractivity contribution in [2.24, 2.45) is 0 Å². The van der Waals surface area contributed by atoms with Gasteiger partial charge >= 0.3 is 6.18 Å². The van der Waals surface area contributed by atoms with Gasteiger partial charge in [-0.3, -0.25) is 9.55 Å². The lowest BCUT2D eigenvalue weighted by Crippen LogP contribution is -2.05. The Kier molecular flexibility index (Phi) is 3.71. The van der Waals surface area contributed by atoms with Gasteiger partial charge in [-0.25, -0.2) is 4.98 Å². The van der Waals surface area contributed by atoms with Crippen LogP contribution in [0.1, 0.15) is 18.3 Å². The van der Waals surface area contributed by atoms with Crippen LogP contribution in [0.2, 0.25) is 0 Å². The highest BCUT2D eigenvalue weighted by Crippen LogP contribution is 2.33. The molecule has 0 aliphatic heterocycles. The molecule has 3 rings (SSSR count). The van der Waals surface area contributed by atoms with Crippen LogP contribution in [-0.2, 0) is 6.18 Å². The molecule has 2 heterocycles. The van der Waals surface area contributed by atoms with Gasteiger partial charge in [0.25, 0.3) is 0 Å². The normalized spacial score (nSPS) is 11.9. The Morgan fingerprint density at radius 1 is 1.22 bits per heavy atom. The van der Waals surface area contributed by atoms with Gasteiger partial charge < -0.3 is 4.74 Å². The molecule has 23 heavy (non-hydrogen) atoms. The molecule has 0 N–H and O–H groups in total. The number of hydrogen-bond donors (Lipinski definition) is 0. The highest BCUT2D eigenvalue weighted by Gasteiger charge is 2.31. The number of nitrogens with zero attached hydrogens (tertiary/aromatic N) is 3. The van der Waals surface area contributed by atoms with Crippen molar-refractivity contribution in [2.45, 2.75) is 20.0 Å². The van der Waals surface area contributed by atoms with Gasteiger partial charge in [-0.15, -0.1) is 0 Å². The smallest absolute Gasteiger partial charge is 0.416 e. The number of imidazole rings is 1. The minimum atomic E-state index is -4.39. The number of hydrogen-bond acceptors (Lipinski definition) is 3. The van der Waals surface area contributed by atoms with Crippen molar-refractivity contribution >= 4 is 11.0 Å². The van der Waals surface area contributed by atoms with Crippen LogP contribution in [0, 0.1) is 6.92 Å². The molecule has 0 aliphatic rings. The van der Waals surface area contributed by atoms with E-state index in [1.54, 1.807) is 30.0 Å². The Bertz CT molecular complexity index is 855. The Hall–Kier alpha value is -2.57. The molecule has 0 amide bonds. The molecule has 0 radical (unpaired) electrons. The van der Waals surface area contributed by atoms with Crippen LogP contribution in [0.5, 0.6) is 5.75 Å². The van der Waals surface area contributed by atoms with Crippen LogP contribution < -0.4 is 4.74 Å². The topological polar surface area (TPSA) is 39.9 Å². The molecular formula is C16H14F3N3O. The van der Waals surface area contributed by atoms with E-state index in [4.69, 9.17) is 4.74 Å². The van der Waals surface area contributed by atoms with Crippen molar-refractivity contribution in [1.82, 2.24) is 14.5 Å². The van der Waals surface area contributed by atoms with E-state index in [-0.39, 0.29) is 5.52 Å². The zero-order valence-electron chi connectivity index (χ0n) is 12.6. The number of alkyl halides is 3. The van der Waals surface area contributed by atoms with Crippen LogP contribution in [0.15, 0.2) is 36.7 Å². The molecule has 7 heteroatoms. The van der Waals surface area contributed by atoms with Crippen LogP contribution in [0.4, 0.5) is 13.2 Å². The van der Waals surface area contributed by atoms with Gasteiger partial charge in [-0.2, -0.15) is 13.2 Å². The summed E-state index contributed by atoms with van der Waals surface area (Å²) in [6.45, 7) is 4.05. The zero-order chi connectivity index (χ0) is 16.6. The molecule has 0 unspecified atom stereocenters. The molecule has 1 aromatic carbocycles. The fourth-order valence-electron chi connectivity index (χ4n) is 2.51. The van der Waals surface area contributed by atoms with Gasteiger partial charge in [0.2, 0.25) is 0 Å². The summed E-state index contributed by atoms with van der Waals surface area (Å²) in [4.78, 5) is 8.27. The van der Waals surface area contributed by atoms with Crippen molar-refractivity contribution < 1.29 is 17.9 Å². The van der Waals surface area contributed by atoms with Crippen molar-refractivity contribution in [3.8, 4) is 11.4 Å². The highest BCUT2D eigenvalue weighted by molar-refractivity contribution is 5.79. The average molecular weight is 321 g/mol. The van der Waals surface area contributed by atoms with Gasteiger partial charge in [-0.05, 0) is 38.1 Å². The first-order chi connectivity index (χ1) is 10.9. The predicted octanol–water partition coefficient (Wildman–Crippen LogP) is 4.15. The summed E-state index contributed by atoms with van der Waals surface area (Å²) in [6, 6.07) is 5.28. The molecule has 0 aliphatic carbocycles. The lowest BCUT2D eigenvalue weighted by molar-refractivity contribution is -0.137. The maximum Gasteiger partial charge on any atom is 0.416 e.